The van der Waals surface area contributed by atoms with Crippen molar-refractivity contribution < 1.29 is 0 Å². The van der Waals surface area contributed by atoms with Crippen LogP contribution in [-0.2, 0) is 6.42 Å². The number of nitriles is 2. The third-order valence-corrected chi connectivity index (χ3v) is 20.4. The molecule has 0 amide bonds. The van der Waals surface area contributed by atoms with E-state index in [1.165, 1.54) is 22.3 Å². The fraction of sp³-hybridized carbons (Fsp3) is 0.0870. The van der Waals surface area contributed by atoms with Crippen molar-refractivity contribution in [1.29, 1.82) is 10.5 Å². The van der Waals surface area contributed by atoms with Crippen molar-refractivity contribution in [1.82, 2.24) is 28.2 Å². The van der Waals surface area contributed by atoms with Crippen molar-refractivity contribution in [3.63, 3.8) is 0 Å². The molecule has 6 aromatic heterocycles. The second-order valence-corrected chi connectivity index (χ2v) is 27.3. The van der Waals surface area contributed by atoms with Crippen molar-refractivity contribution in [2.45, 2.75) is 54.9 Å². The summed E-state index contributed by atoms with van der Waals surface area (Å²) in [5, 5.41) is 32.2. The number of fused-ring (bicyclic) bond motifs is 12. The van der Waals surface area contributed by atoms with Crippen molar-refractivity contribution in [3.8, 4) is 79.7 Å². The molecule has 18 rings (SSSR count). The van der Waals surface area contributed by atoms with Gasteiger partial charge in [-0.3, -0.25) is 4.98 Å². The molecule has 0 fully saturated rings. The maximum absolute atomic E-state index is 11.7. The summed E-state index contributed by atoms with van der Waals surface area (Å²) < 4.78 is 9.34. The number of nitrogens with zero attached hydrogens (tertiary/aromatic N) is 8. The van der Waals surface area contributed by atoms with Crippen LogP contribution in [-0.4, -0.2) is 28.2 Å². The molecule has 0 saturated heterocycles. The summed E-state index contributed by atoms with van der Waals surface area (Å²) in [5.74, 6) is 0. The summed E-state index contributed by atoms with van der Waals surface area (Å²) in [6.45, 7) is 14.9. The van der Waals surface area contributed by atoms with Gasteiger partial charge in [0.1, 0.15) is 12.1 Å². The Morgan fingerprint density at radius 1 is 0.270 bits per heavy atom. The molecule has 12 aromatic carbocycles. The van der Waals surface area contributed by atoms with E-state index in [0.717, 1.165) is 183 Å². The monoisotopic (exact) mass is 1280 g/mol. The molecule has 100 heavy (non-hydrogen) atoms. The number of hydrogen-bond donors (Lipinski definition) is 0. The lowest BCUT2D eigenvalue weighted by Gasteiger charge is -2.20. The molecule has 0 unspecified atom stereocenters. The fourth-order valence-corrected chi connectivity index (χ4v) is 15.9. The molecule has 0 saturated carbocycles. The number of benzene rings is 12. The van der Waals surface area contributed by atoms with Gasteiger partial charge in [0, 0.05) is 76.7 Å². The summed E-state index contributed by atoms with van der Waals surface area (Å²) in [7, 11) is 0. The minimum atomic E-state index is 0.552. The van der Waals surface area contributed by atoms with Gasteiger partial charge in [-0.25, -0.2) is 4.98 Å². The number of para-hydroxylation sites is 1. The van der Waals surface area contributed by atoms with E-state index in [1.54, 1.807) is 0 Å². The molecule has 8 heteroatoms. The number of hydrogen-bond acceptors (Lipinski definition) is 4. The molecule has 0 aliphatic carbocycles. The first-order chi connectivity index (χ1) is 48.8. The molecule has 0 aliphatic heterocycles. The Kier molecular flexibility index (Phi) is 13.8. The highest BCUT2D eigenvalue weighted by molar-refractivity contribution is 6.14. The average molecular weight is 1280 g/mol. The minimum Gasteiger partial charge on any atom is -0.309 e. The largest absolute Gasteiger partial charge is 0.309 e. The molecule has 0 aliphatic rings. The van der Waals surface area contributed by atoms with E-state index in [9.17, 15) is 10.5 Å². The molecule has 0 radical (unpaired) electrons. The summed E-state index contributed by atoms with van der Waals surface area (Å²) in [6, 6.07) is 99.6. The van der Waals surface area contributed by atoms with Gasteiger partial charge >= 0.3 is 0 Å². The number of aromatic nitrogens is 6. The molecule has 0 bridgehead atoms. The van der Waals surface area contributed by atoms with E-state index in [2.05, 4.69) is 328 Å². The Bertz CT molecular complexity index is 6460. The fourth-order valence-electron chi connectivity index (χ4n) is 15.9. The van der Waals surface area contributed by atoms with E-state index in [1.807, 2.05) is 12.1 Å². The Hall–Kier alpha value is -12.9. The zero-order chi connectivity index (χ0) is 67.8. The lowest BCUT2D eigenvalue weighted by molar-refractivity contribution is 1.11. The van der Waals surface area contributed by atoms with E-state index < -0.39 is 0 Å². The van der Waals surface area contributed by atoms with Crippen LogP contribution in [0.3, 0.4) is 0 Å². The highest BCUT2D eigenvalue weighted by Gasteiger charge is 2.27. The first-order valence-corrected chi connectivity index (χ1v) is 34.2. The third kappa shape index (κ3) is 9.71. The predicted octanol–water partition coefficient (Wildman–Crippen LogP) is 23.0. The van der Waals surface area contributed by atoms with Crippen LogP contribution in [0.5, 0.6) is 0 Å². The third-order valence-electron chi connectivity index (χ3n) is 20.4. The normalized spacial score (nSPS) is 11.8. The van der Waals surface area contributed by atoms with Crippen molar-refractivity contribution in [2.24, 2.45) is 0 Å². The van der Waals surface area contributed by atoms with Crippen LogP contribution in [0, 0.1) is 71.1 Å². The quantitative estimate of drug-likeness (QED) is 0.136. The maximum atomic E-state index is 11.7. The van der Waals surface area contributed by atoms with Gasteiger partial charge in [-0.05, 0) is 216 Å². The summed E-state index contributed by atoms with van der Waals surface area (Å²) in [4.78, 5) is 10.2. The summed E-state index contributed by atoms with van der Waals surface area (Å²) >= 11 is 0. The number of aryl methyl sites for hydroxylation is 7. The van der Waals surface area contributed by atoms with Crippen LogP contribution in [0.25, 0.3) is 155 Å². The van der Waals surface area contributed by atoms with Gasteiger partial charge in [-0.15, -0.1) is 0 Å². The Balaban J connectivity index is 0.811. The van der Waals surface area contributed by atoms with Gasteiger partial charge in [0.25, 0.3) is 0 Å². The summed E-state index contributed by atoms with van der Waals surface area (Å²) in [5.41, 5.74) is 30.6. The van der Waals surface area contributed by atoms with E-state index >= 15 is 0 Å². The number of rotatable bonds is 10. The first-order valence-electron chi connectivity index (χ1n) is 34.2. The topological polar surface area (TPSA) is 93.1 Å². The van der Waals surface area contributed by atoms with Gasteiger partial charge in [-0.1, -0.05) is 150 Å². The second kappa shape index (κ2) is 23.2. The molecule has 8 nitrogen and oxygen atoms in total. The molecular formula is C92H66N8. The molecule has 0 atom stereocenters. The van der Waals surface area contributed by atoms with Crippen LogP contribution in [0.2, 0.25) is 0 Å². The smallest absolute Gasteiger partial charge is 0.101 e. The van der Waals surface area contributed by atoms with Crippen molar-refractivity contribution in [2.75, 3.05) is 0 Å². The van der Waals surface area contributed by atoms with E-state index in [-0.39, 0.29) is 0 Å². The lowest BCUT2D eigenvalue weighted by Crippen LogP contribution is -2.04. The van der Waals surface area contributed by atoms with Gasteiger partial charge < -0.3 is 18.3 Å². The van der Waals surface area contributed by atoms with Crippen LogP contribution in [0.15, 0.2) is 261 Å². The summed E-state index contributed by atoms with van der Waals surface area (Å²) in [6.07, 6.45) is 0.672. The molecule has 18 aromatic rings. The van der Waals surface area contributed by atoms with Crippen LogP contribution < -0.4 is 0 Å². The molecular weight excluding hydrogens is 1220 g/mol. The molecule has 0 N–H and O–H groups in total. The van der Waals surface area contributed by atoms with Gasteiger partial charge in [-0.2, -0.15) is 10.5 Å². The average Bonchev–Trinajstić information content (AvgIpc) is 1.56. The van der Waals surface area contributed by atoms with Crippen LogP contribution in [0.4, 0.5) is 0 Å². The SMILES string of the molecule is Cc1ccc2c(c1)c1cc(Cc3ccc4c(c3)c3ccc(C)cc3n4-c3cc(C#N)c(-n4c5ccccc5c5ccc(C)cc54)cc3-c3cc(C)nc(C)c3)ccc1n2-c1cc(-c2cc(-c3ccccc3)nc(-c3ccccc3)c2)c(-n2c3ccc(C)cc3c3cc(C)ccc32)cc1C#N. The van der Waals surface area contributed by atoms with Crippen molar-refractivity contribution >= 4 is 87.2 Å². The van der Waals surface area contributed by atoms with E-state index in [0.29, 0.717) is 17.5 Å². The number of pyridine rings is 2. The zero-order valence-electron chi connectivity index (χ0n) is 56.6. The van der Waals surface area contributed by atoms with Gasteiger partial charge in [0.15, 0.2) is 0 Å². The standard InChI is InChI=1S/C92H66N8/c1-54-25-32-83-74(36-54)75-37-55(2)26-33-84(75)98(83)91-48-67(52-93)87(51-73(91)66-46-79(63-16-10-8-11-17-63)96-80(47-66)64-18-12-9-13-19-64)97-82-31-24-56(3)38-76(82)78-45-62(28-35-86(78)97)43-61-27-34-85-77(44-61)71-30-23-58(5)40-90(71)100(85)92-49-68(53-94)88(50-72(92)65-41-59(6)95-60(7)42-65)99-81-21-15-14-20-69(81)70-29-22-57(4)39-89(70)99/h8-42,44-51H,43H2,1-7H3. The van der Waals surface area contributed by atoms with Gasteiger partial charge in [0.05, 0.1) is 89.4 Å². The minimum absolute atomic E-state index is 0.552. The highest BCUT2D eigenvalue weighted by atomic mass is 15.0. The Morgan fingerprint density at radius 2 is 0.620 bits per heavy atom. The maximum Gasteiger partial charge on any atom is 0.101 e. The van der Waals surface area contributed by atoms with Crippen molar-refractivity contribution in [3.05, 3.63) is 322 Å². The Labute approximate surface area is 579 Å². The lowest BCUT2D eigenvalue weighted by atomic mass is 9.96. The second-order valence-electron chi connectivity index (χ2n) is 27.3. The van der Waals surface area contributed by atoms with Gasteiger partial charge in [0.2, 0.25) is 0 Å². The highest BCUT2D eigenvalue weighted by Crippen LogP contribution is 2.46. The zero-order valence-corrected chi connectivity index (χ0v) is 56.6. The molecule has 6 heterocycles. The first kappa shape index (κ1) is 59.6. The van der Waals surface area contributed by atoms with E-state index in [4.69, 9.17) is 9.97 Å². The molecule has 0 spiro atoms. The predicted molar refractivity (Wildman–Crippen MR) is 413 cm³/mol. The molecule has 474 valence electrons. The van der Waals surface area contributed by atoms with Crippen LogP contribution >= 0.6 is 0 Å². The van der Waals surface area contributed by atoms with Crippen LogP contribution in [0.1, 0.15) is 61.5 Å². The Morgan fingerprint density at radius 3 is 1.10 bits per heavy atom.